The number of halogens is 2. The van der Waals surface area contributed by atoms with E-state index in [-0.39, 0.29) is 18.3 Å². The van der Waals surface area contributed by atoms with E-state index in [0.717, 1.165) is 5.75 Å². The highest BCUT2D eigenvalue weighted by atomic mass is 35.5. The fraction of sp³-hybridized carbons (Fsp3) is 0.458. The number of nitrogens with one attached hydrogen (secondary N) is 1. The first kappa shape index (κ1) is 25.7. The van der Waals surface area contributed by atoms with Gasteiger partial charge in [-0.25, -0.2) is 4.79 Å². The van der Waals surface area contributed by atoms with Crippen molar-refractivity contribution in [3.8, 4) is 0 Å². The lowest BCUT2D eigenvalue weighted by atomic mass is 9.69. The molecule has 1 heterocycles. The van der Waals surface area contributed by atoms with E-state index >= 15 is 0 Å². The zero-order valence-electron chi connectivity index (χ0n) is 19.0. The molecular formula is C24H27Cl2NO5S. The van der Waals surface area contributed by atoms with Crippen LogP contribution in [0.2, 0.25) is 10.0 Å². The average molecular weight is 512 g/mol. The van der Waals surface area contributed by atoms with Gasteiger partial charge in [-0.2, -0.15) is 11.8 Å². The molecule has 1 aliphatic carbocycles. The quantitative estimate of drug-likeness (QED) is 0.316. The summed E-state index contributed by atoms with van der Waals surface area (Å²) in [5, 5.41) is 3.90. The largest absolute Gasteiger partial charge is 0.468 e. The van der Waals surface area contributed by atoms with Gasteiger partial charge in [-0.3, -0.25) is 9.59 Å². The summed E-state index contributed by atoms with van der Waals surface area (Å²) in [4.78, 5) is 39.3. The molecule has 0 fully saturated rings. The SMILES string of the molecule is CCSCCOC(=O)C1=C(C)NC2=C(C(=O)[C@H](C(=O)OC)[C@@H](C)C2)[C@H]1c1ccc(Cl)c(Cl)c1. The van der Waals surface area contributed by atoms with Gasteiger partial charge in [0.1, 0.15) is 12.5 Å². The number of thioether (sulfide) groups is 1. The Morgan fingerprint density at radius 2 is 1.97 bits per heavy atom. The van der Waals surface area contributed by atoms with Crippen LogP contribution >= 0.6 is 35.0 Å². The van der Waals surface area contributed by atoms with Crippen LogP contribution in [0.3, 0.4) is 0 Å². The van der Waals surface area contributed by atoms with E-state index < -0.39 is 23.8 Å². The van der Waals surface area contributed by atoms with Crippen LogP contribution in [0.4, 0.5) is 0 Å². The molecule has 0 bridgehead atoms. The molecule has 1 aliphatic heterocycles. The van der Waals surface area contributed by atoms with Crippen molar-refractivity contribution >= 4 is 52.7 Å². The summed E-state index contributed by atoms with van der Waals surface area (Å²) in [7, 11) is 1.27. The second-order valence-corrected chi connectivity index (χ2v) is 10.3. The number of ketones is 1. The van der Waals surface area contributed by atoms with Crippen molar-refractivity contribution in [1.29, 1.82) is 0 Å². The predicted molar refractivity (Wildman–Crippen MR) is 130 cm³/mol. The molecule has 0 aromatic heterocycles. The maximum absolute atomic E-state index is 13.6. The zero-order valence-corrected chi connectivity index (χ0v) is 21.3. The molecule has 3 rings (SSSR count). The van der Waals surface area contributed by atoms with Gasteiger partial charge in [0.05, 0.1) is 22.7 Å². The lowest BCUT2D eigenvalue weighted by Gasteiger charge is -2.38. The highest BCUT2D eigenvalue weighted by molar-refractivity contribution is 7.99. The Hall–Kier alpha value is -1.96. The van der Waals surface area contributed by atoms with E-state index in [0.29, 0.717) is 50.3 Å². The number of esters is 2. The topological polar surface area (TPSA) is 81.7 Å². The minimum atomic E-state index is -0.947. The number of benzene rings is 1. The summed E-state index contributed by atoms with van der Waals surface area (Å²) in [6.45, 7) is 5.91. The van der Waals surface area contributed by atoms with Gasteiger partial charge in [0.15, 0.2) is 5.78 Å². The number of ether oxygens (including phenoxy) is 2. The summed E-state index contributed by atoms with van der Waals surface area (Å²) in [5.74, 6) is -1.80. The number of dihydropyridines is 1. The van der Waals surface area contributed by atoms with E-state index in [9.17, 15) is 14.4 Å². The number of rotatable bonds is 7. The first-order valence-corrected chi connectivity index (χ1v) is 12.6. The highest BCUT2D eigenvalue weighted by Gasteiger charge is 2.47. The van der Waals surface area contributed by atoms with Gasteiger partial charge in [-0.1, -0.05) is 43.1 Å². The second-order valence-electron chi connectivity index (χ2n) is 8.04. The third-order valence-electron chi connectivity index (χ3n) is 5.90. The molecule has 0 amide bonds. The molecule has 6 nitrogen and oxygen atoms in total. The fourth-order valence-corrected chi connectivity index (χ4v) is 5.19. The summed E-state index contributed by atoms with van der Waals surface area (Å²) in [5.41, 5.74) is 2.61. The van der Waals surface area contributed by atoms with Crippen molar-refractivity contribution in [1.82, 2.24) is 5.32 Å². The molecule has 1 aromatic carbocycles. The summed E-state index contributed by atoms with van der Waals surface area (Å²) in [6, 6.07) is 5.02. The number of hydrogen-bond donors (Lipinski definition) is 1. The first-order chi connectivity index (χ1) is 15.7. The molecule has 1 aromatic rings. The molecule has 0 unspecified atom stereocenters. The second kappa shape index (κ2) is 11.0. The molecular weight excluding hydrogens is 485 g/mol. The molecule has 33 heavy (non-hydrogen) atoms. The third kappa shape index (κ3) is 5.26. The van der Waals surface area contributed by atoms with Crippen molar-refractivity contribution < 1.29 is 23.9 Å². The van der Waals surface area contributed by atoms with Crippen LogP contribution in [0.25, 0.3) is 0 Å². The number of allylic oxidation sites excluding steroid dienone is 3. The van der Waals surface area contributed by atoms with Gasteiger partial charge in [0.25, 0.3) is 0 Å². The standard InChI is InChI=1S/C24H27Cl2NO5S/c1-5-33-9-8-32-24(30)19-13(3)27-17-10-12(2)18(23(29)31-4)22(28)21(17)20(19)14-6-7-15(25)16(26)11-14/h6-7,11-12,18,20,27H,5,8-10H2,1-4H3/t12-,18+,20-/m0/s1. The van der Waals surface area contributed by atoms with Crippen molar-refractivity contribution in [2.75, 3.05) is 25.2 Å². The molecule has 2 aliphatic rings. The average Bonchev–Trinajstić information content (AvgIpc) is 2.77. The Kier molecular flexibility index (Phi) is 8.54. The van der Waals surface area contributed by atoms with E-state index in [1.54, 1.807) is 36.9 Å². The van der Waals surface area contributed by atoms with Crippen LogP contribution < -0.4 is 5.32 Å². The van der Waals surface area contributed by atoms with Crippen LogP contribution in [0.1, 0.15) is 38.7 Å². The summed E-state index contributed by atoms with van der Waals surface area (Å²) in [6.07, 6.45) is 0.464. The van der Waals surface area contributed by atoms with Crippen LogP contribution in [0.5, 0.6) is 0 Å². The van der Waals surface area contributed by atoms with Gasteiger partial charge < -0.3 is 14.8 Å². The van der Waals surface area contributed by atoms with E-state index in [1.807, 2.05) is 13.8 Å². The van der Waals surface area contributed by atoms with E-state index in [2.05, 4.69) is 5.32 Å². The number of Topliss-reactive ketones (excluding diaryl/α,β-unsaturated/α-hetero) is 1. The van der Waals surface area contributed by atoms with Crippen molar-refractivity contribution in [3.63, 3.8) is 0 Å². The Morgan fingerprint density at radius 3 is 2.61 bits per heavy atom. The van der Waals surface area contributed by atoms with E-state index in [4.69, 9.17) is 32.7 Å². The summed E-state index contributed by atoms with van der Waals surface area (Å²) < 4.78 is 10.5. The Labute approximate surface area is 208 Å². The maximum atomic E-state index is 13.6. The van der Waals surface area contributed by atoms with Gasteiger partial charge in [-0.15, -0.1) is 0 Å². The predicted octanol–water partition coefficient (Wildman–Crippen LogP) is 4.90. The van der Waals surface area contributed by atoms with Crippen LogP contribution in [0, 0.1) is 11.8 Å². The molecule has 0 saturated heterocycles. The normalized spacial score (nSPS) is 22.6. The number of methoxy groups -OCH3 is 1. The van der Waals surface area contributed by atoms with Crippen molar-refractivity contribution in [2.24, 2.45) is 11.8 Å². The van der Waals surface area contributed by atoms with Gasteiger partial charge in [-0.05, 0) is 42.7 Å². The van der Waals surface area contributed by atoms with Gasteiger partial charge >= 0.3 is 11.9 Å². The zero-order chi connectivity index (χ0) is 24.3. The monoisotopic (exact) mass is 511 g/mol. The molecule has 3 atom stereocenters. The molecule has 9 heteroatoms. The third-order valence-corrected chi connectivity index (χ3v) is 7.51. The molecule has 178 valence electrons. The molecule has 1 N–H and O–H groups in total. The van der Waals surface area contributed by atoms with Crippen LogP contribution in [-0.2, 0) is 23.9 Å². The van der Waals surface area contributed by atoms with Gasteiger partial charge in [0, 0.05) is 28.6 Å². The van der Waals surface area contributed by atoms with Crippen LogP contribution in [0.15, 0.2) is 40.7 Å². The Morgan fingerprint density at radius 1 is 1.24 bits per heavy atom. The fourth-order valence-electron chi connectivity index (χ4n) is 4.39. The number of carbonyl (C=O) groups excluding carboxylic acids is 3. The number of hydrogen-bond acceptors (Lipinski definition) is 7. The molecule has 0 radical (unpaired) electrons. The van der Waals surface area contributed by atoms with Crippen molar-refractivity contribution in [2.45, 2.75) is 33.1 Å². The number of carbonyl (C=O) groups is 3. The highest BCUT2D eigenvalue weighted by Crippen LogP contribution is 2.46. The minimum Gasteiger partial charge on any atom is -0.468 e. The Bertz CT molecular complexity index is 1040. The molecule has 0 saturated carbocycles. The summed E-state index contributed by atoms with van der Waals surface area (Å²) >= 11 is 14.1. The lowest BCUT2D eigenvalue weighted by Crippen LogP contribution is -2.43. The van der Waals surface area contributed by atoms with Crippen LogP contribution in [-0.4, -0.2) is 42.9 Å². The minimum absolute atomic E-state index is 0.252. The first-order valence-electron chi connectivity index (χ1n) is 10.7. The maximum Gasteiger partial charge on any atom is 0.336 e. The smallest absolute Gasteiger partial charge is 0.336 e. The molecule has 0 spiro atoms. The van der Waals surface area contributed by atoms with Crippen molar-refractivity contribution in [3.05, 3.63) is 56.3 Å². The lowest BCUT2D eigenvalue weighted by molar-refractivity contribution is -0.151. The van der Waals surface area contributed by atoms with E-state index in [1.165, 1.54) is 7.11 Å². The van der Waals surface area contributed by atoms with Gasteiger partial charge in [0.2, 0.25) is 0 Å². The Balaban J connectivity index is 2.10.